The van der Waals surface area contributed by atoms with Gasteiger partial charge in [0.15, 0.2) is 5.58 Å². The van der Waals surface area contributed by atoms with Crippen LogP contribution in [-0.4, -0.2) is 10.9 Å². The van der Waals surface area contributed by atoms with Crippen LogP contribution in [0.5, 0.6) is 0 Å². The zero-order valence-electron chi connectivity index (χ0n) is 15.5. The van der Waals surface area contributed by atoms with Crippen LogP contribution in [0.1, 0.15) is 37.7 Å². The van der Waals surface area contributed by atoms with E-state index in [0.717, 1.165) is 32.1 Å². The van der Waals surface area contributed by atoms with Crippen molar-refractivity contribution in [3.05, 3.63) is 64.4 Å². The Labute approximate surface area is 162 Å². The van der Waals surface area contributed by atoms with Crippen LogP contribution in [0.25, 0.3) is 11.1 Å². The van der Waals surface area contributed by atoms with E-state index >= 15 is 0 Å². The summed E-state index contributed by atoms with van der Waals surface area (Å²) < 4.78 is 18.0. The zero-order chi connectivity index (χ0) is 19.5. The van der Waals surface area contributed by atoms with E-state index < -0.39 is 5.76 Å². The minimum Gasteiger partial charge on any atom is -0.408 e. The molecule has 2 aromatic carbocycles. The first-order valence-corrected chi connectivity index (χ1v) is 9.72. The van der Waals surface area contributed by atoms with Crippen LogP contribution in [-0.2, 0) is 11.2 Å². The Morgan fingerprint density at radius 3 is 2.54 bits per heavy atom. The predicted molar refractivity (Wildman–Crippen MR) is 106 cm³/mol. The van der Waals surface area contributed by atoms with Gasteiger partial charge in [0.2, 0.25) is 5.91 Å². The van der Waals surface area contributed by atoms with Crippen molar-refractivity contribution in [2.75, 3.05) is 5.32 Å². The number of aromatic amines is 1. The van der Waals surface area contributed by atoms with Crippen LogP contribution >= 0.6 is 0 Å². The van der Waals surface area contributed by atoms with Gasteiger partial charge in [-0.2, -0.15) is 0 Å². The summed E-state index contributed by atoms with van der Waals surface area (Å²) in [5.41, 5.74) is 2.85. The van der Waals surface area contributed by atoms with Crippen molar-refractivity contribution in [2.24, 2.45) is 11.8 Å². The number of hydrogen-bond acceptors (Lipinski definition) is 3. The lowest BCUT2D eigenvalue weighted by atomic mass is 9.78. The Balaban J connectivity index is 1.26. The summed E-state index contributed by atoms with van der Waals surface area (Å²) in [4.78, 5) is 26.2. The first kappa shape index (κ1) is 18.5. The normalized spacial score (nSPS) is 19.6. The van der Waals surface area contributed by atoms with Crippen molar-refractivity contribution in [3.8, 4) is 0 Å². The maximum atomic E-state index is 13.0. The molecule has 1 fully saturated rings. The number of hydrogen-bond donors (Lipinski definition) is 2. The molecular weight excluding hydrogens is 359 g/mol. The smallest absolute Gasteiger partial charge is 0.408 e. The maximum Gasteiger partial charge on any atom is 0.417 e. The Morgan fingerprint density at radius 2 is 1.79 bits per heavy atom. The number of amides is 1. The zero-order valence-corrected chi connectivity index (χ0v) is 15.5. The quantitative estimate of drug-likeness (QED) is 0.675. The minimum atomic E-state index is -0.504. The highest BCUT2D eigenvalue weighted by Crippen LogP contribution is 2.33. The second-order valence-corrected chi connectivity index (χ2v) is 7.70. The van der Waals surface area contributed by atoms with Crippen molar-refractivity contribution in [1.82, 2.24) is 4.98 Å². The molecule has 0 unspecified atom stereocenters. The molecule has 0 saturated heterocycles. The summed E-state index contributed by atoms with van der Waals surface area (Å²) in [5.74, 6) is 0.272. The molecule has 5 nitrogen and oxygen atoms in total. The Bertz CT molecular complexity index is 1010. The molecule has 1 saturated carbocycles. The molecule has 0 atom stereocenters. The number of nitrogens with one attached hydrogen (secondary N) is 2. The molecule has 0 bridgehead atoms. The number of halogens is 1. The van der Waals surface area contributed by atoms with Gasteiger partial charge in [-0.15, -0.1) is 0 Å². The van der Waals surface area contributed by atoms with E-state index in [1.165, 1.54) is 17.7 Å². The van der Waals surface area contributed by atoms with Gasteiger partial charge >= 0.3 is 5.76 Å². The van der Waals surface area contributed by atoms with E-state index in [4.69, 9.17) is 4.42 Å². The highest BCUT2D eigenvalue weighted by atomic mass is 19.1. The largest absolute Gasteiger partial charge is 0.417 e. The molecule has 1 aliphatic rings. The third-order valence-corrected chi connectivity index (χ3v) is 5.58. The summed E-state index contributed by atoms with van der Waals surface area (Å²) in [6, 6.07) is 11.9. The summed E-state index contributed by atoms with van der Waals surface area (Å²) in [7, 11) is 0. The summed E-state index contributed by atoms with van der Waals surface area (Å²) in [6.07, 6.45) is 5.72. The van der Waals surface area contributed by atoms with Gasteiger partial charge in [-0.05, 0) is 73.8 Å². The van der Waals surface area contributed by atoms with Gasteiger partial charge in [-0.25, -0.2) is 9.18 Å². The fourth-order valence-corrected chi connectivity index (χ4v) is 4.09. The molecule has 4 rings (SSSR count). The molecule has 3 aromatic rings. The topological polar surface area (TPSA) is 75.1 Å². The lowest BCUT2D eigenvalue weighted by Crippen LogP contribution is -2.22. The molecular formula is C22H23FN2O3. The Kier molecular flexibility index (Phi) is 5.28. The highest BCUT2D eigenvalue weighted by Gasteiger charge is 2.23. The number of oxazole rings is 1. The lowest BCUT2D eigenvalue weighted by molar-refractivity contribution is -0.117. The number of fused-ring (bicyclic) bond motifs is 1. The lowest BCUT2D eigenvalue weighted by Gasteiger charge is -2.28. The highest BCUT2D eigenvalue weighted by molar-refractivity contribution is 5.92. The van der Waals surface area contributed by atoms with Crippen LogP contribution < -0.4 is 11.1 Å². The van der Waals surface area contributed by atoms with E-state index in [1.54, 1.807) is 18.2 Å². The van der Waals surface area contributed by atoms with Crippen molar-refractivity contribution in [1.29, 1.82) is 0 Å². The second kappa shape index (κ2) is 8.00. The van der Waals surface area contributed by atoms with Crippen LogP contribution in [0.15, 0.2) is 51.7 Å². The third-order valence-electron chi connectivity index (χ3n) is 5.58. The molecule has 146 valence electrons. The molecule has 2 N–H and O–H groups in total. The Morgan fingerprint density at radius 1 is 1.07 bits per heavy atom. The van der Waals surface area contributed by atoms with Gasteiger partial charge in [0.1, 0.15) is 5.82 Å². The number of carbonyl (C=O) groups is 1. The monoisotopic (exact) mass is 382 g/mol. The maximum absolute atomic E-state index is 13.0. The molecule has 0 aliphatic heterocycles. The molecule has 1 heterocycles. The molecule has 1 aliphatic carbocycles. The van der Waals surface area contributed by atoms with Crippen molar-refractivity contribution < 1.29 is 13.6 Å². The SMILES string of the molecule is O=C(CC1CCC(Cc2ccc(F)cc2)CC1)Nc1ccc2[nH]c(=O)oc2c1. The van der Waals surface area contributed by atoms with Crippen molar-refractivity contribution in [3.63, 3.8) is 0 Å². The van der Waals surface area contributed by atoms with E-state index in [2.05, 4.69) is 10.3 Å². The van der Waals surface area contributed by atoms with Crippen LogP contribution in [0, 0.1) is 17.7 Å². The fraction of sp³-hybridized carbons (Fsp3) is 0.364. The number of H-pyrrole nitrogens is 1. The van der Waals surface area contributed by atoms with Gasteiger partial charge in [-0.1, -0.05) is 12.1 Å². The van der Waals surface area contributed by atoms with Gasteiger partial charge < -0.3 is 9.73 Å². The number of aromatic nitrogens is 1. The van der Waals surface area contributed by atoms with Gasteiger partial charge in [0.25, 0.3) is 0 Å². The van der Waals surface area contributed by atoms with E-state index in [9.17, 15) is 14.0 Å². The molecule has 1 aromatic heterocycles. The van der Waals surface area contributed by atoms with E-state index in [1.807, 2.05) is 12.1 Å². The average Bonchev–Trinajstić information content (AvgIpc) is 3.04. The molecule has 0 spiro atoms. The van der Waals surface area contributed by atoms with Crippen molar-refractivity contribution >= 4 is 22.7 Å². The number of rotatable bonds is 5. The number of anilines is 1. The summed E-state index contributed by atoms with van der Waals surface area (Å²) in [6.45, 7) is 0. The third kappa shape index (κ3) is 4.50. The predicted octanol–water partition coefficient (Wildman–Crippen LogP) is 4.64. The molecule has 1 amide bonds. The van der Waals surface area contributed by atoms with Gasteiger partial charge in [0, 0.05) is 18.2 Å². The first-order valence-electron chi connectivity index (χ1n) is 9.72. The summed E-state index contributed by atoms with van der Waals surface area (Å²) in [5, 5.41) is 2.90. The Hall–Kier alpha value is -2.89. The van der Waals surface area contributed by atoms with E-state index in [-0.39, 0.29) is 11.7 Å². The molecule has 28 heavy (non-hydrogen) atoms. The van der Waals surface area contributed by atoms with E-state index in [0.29, 0.717) is 35.0 Å². The fourth-order valence-electron chi connectivity index (χ4n) is 4.09. The van der Waals surface area contributed by atoms with Crippen molar-refractivity contribution in [2.45, 2.75) is 38.5 Å². The molecule has 6 heteroatoms. The van der Waals surface area contributed by atoms with Crippen LogP contribution in [0.4, 0.5) is 10.1 Å². The average molecular weight is 382 g/mol. The standard InChI is InChI=1S/C22H23FN2O3/c23-17-7-5-15(6-8-17)11-14-1-3-16(4-2-14)12-21(26)24-18-9-10-19-20(13-18)28-22(27)25-19/h5-10,13-14,16H,1-4,11-12H2,(H,24,26)(H,25,27). The van der Waals surface area contributed by atoms with Crippen LogP contribution in [0.3, 0.4) is 0 Å². The van der Waals surface area contributed by atoms with Gasteiger partial charge in [-0.3, -0.25) is 9.78 Å². The minimum absolute atomic E-state index is 0.0146. The number of carbonyl (C=O) groups excluding carboxylic acids is 1. The number of benzene rings is 2. The van der Waals surface area contributed by atoms with Gasteiger partial charge in [0.05, 0.1) is 5.52 Å². The van der Waals surface area contributed by atoms with Crippen LogP contribution in [0.2, 0.25) is 0 Å². The summed E-state index contributed by atoms with van der Waals surface area (Å²) >= 11 is 0. The first-order chi connectivity index (χ1) is 13.5. The second-order valence-electron chi connectivity index (χ2n) is 7.70. The molecule has 0 radical (unpaired) electrons.